The first kappa shape index (κ1) is 22.2. The van der Waals surface area contributed by atoms with E-state index in [1.54, 1.807) is 13.8 Å². The van der Waals surface area contributed by atoms with E-state index < -0.39 is 0 Å². The second kappa shape index (κ2) is 9.51. The van der Waals surface area contributed by atoms with Gasteiger partial charge in [0.1, 0.15) is 11.6 Å². The number of nitrogens with one attached hydrogen (secondary N) is 2. The van der Waals surface area contributed by atoms with Crippen LogP contribution in [-0.4, -0.2) is 46.1 Å². The fourth-order valence-electron chi connectivity index (χ4n) is 3.92. The lowest BCUT2D eigenvalue weighted by Crippen LogP contribution is -2.44. The minimum absolute atomic E-state index is 0.104. The molecular weight excluding hydrogens is 402 g/mol. The molecule has 0 aromatic carbocycles. The lowest BCUT2D eigenvalue weighted by atomic mass is 9.99. The highest BCUT2D eigenvalue weighted by Crippen LogP contribution is 2.20. The number of ether oxygens (including phenoxy) is 1. The maximum atomic E-state index is 12.4. The molecule has 0 bridgehead atoms. The summed E-state index contributed by atoms with van der Waals surface area (Å²) >= 11 is 1.41. The average molecular weight is 430 g/mol. The van der Waals surface area contributed by atoms with E-state index in [0.717, 1.165) is 30.9 Å². The second-order valence-corrected chi connectivity index (χ2v) is 8.67. The molecular formula is C21H27N5O3S. The summed E-state index contributed by atoms with van der Waals surface area (Å²) in [5, 5.41) is 14.6. The Morgan fingerprint density at radius 2 is 2.10 bits per heavy atom. The summed E-state index contributed by atoms with van der Waals surface area (Å²) in [6.45, 7) is 10.1. The predicted molar refractivity (Wildman–Crippen MR) is 116 cm³/mol. The quantitative estimate of drug-likeness (QED) is 0.730. The van der Waals surface area contributed by atoms with Gasteiger partial charge in [-0.1, -0.05) is 0 Å². The van der Waals surface area contributed by atoms with Gasteiger partial charge in [-0.2, -0.15) is 5.26 Å². The Hall–Kier alpha value is -2.54. The Bertz CT molecular complexity index is 1010. The molecule has 1 amide bonds. The van der Waals surface area contributed by atoms with E-state index in [4.69, 9.17) is 10.00 Å². The molecule has 0 aliphatic carbocycles. The van der Waals surface area contributed by atoms with Crippen molar-refractivity contribution < 1.29 is 9.53 Å². The first-order valence-corrected chi connectivity index (χ1v) is 10.9. The first-order chi connectivity index (χ1) is 14.3. The molecule has 0 spiro atoms. The number of aromatic nitrogens is 2. The molecule has 2 atom stereocenters. The van der Waals surface area contributed by atoms with E-state index in [-0.39, 0.29) is 35.7 Å². The van der Waals surface area contributed by atoms with Gasteiger partial charge in [-0.15, -0.1) is 11.3 Å². The zero-order chi connectivity index (χ0) is 21.8. The van der Waals surface area contributed by atoms with Crippen molar-refractivity contribution in [3.05, 3.63) is 43.8 Å². The maximum absolute atomic E-state index is 12.4. The molecule has 1 aliphatic heterocycles. The van der Waals surface area contributed by atoms with E-state index in [0.29, 0.717) is 22.8 Å². The molecule has 1 fully saturated rings. The van der Waals surface area contributed by atoms with Gasteiger partial charge in [0.25, 0.3) is 5.56 Å². The Kier molecular flexibility index (Phi) is 7.02. The van der Waals surface area contributed by atoms with Crippen molar-refractivity contribution in [2.45, 2.75) is 59.3 Å². The number of H-pyrrole nitrogens is 1. The highest BCUT2D eigenvalue weighted by molar-refractivity contribution is 7.13. The second-order valence-electron chi connectivity index (χ2n) is 7.81. The minimum atomic E-state index is -0.389. The molecule has 8 nitrogen and oxygen atoms in total. The SMILES string of the molecule is Cc1[nH]c(=O)c(C#N)c(C)c1CCC(=O)Nc1nc(CN2C[C@H](C)O[C@@H](C)C2)cs1. The molecule has 1 saturated heterocycles. The summed E-state index contributed by atoms with van der Waals surface area (Å²) in [6.07, 6.45) is 1.09. The summed E-state index contributed by atoms with van der Waals surface area (Å²) in [5.41, 5.74) is 2.80. The number of carbonyl (C=O) groups is 1. The number of nitrogens with zero attached hydrogens (tertiary/aromatic N) is 3. The number of carbonyl (C=O) groups excluding carboxylic acids is 1. The number of aromatic amines is 1. The van der Waals surface area contributed by atoms with E-state index in [2.05, 4.69) is 34.0 Å². The van der Waals surface area contributed by atoms with Crippen LogP contribution in [0.4, 0.5) is 5.13 Å². The highest BCUT2D eigenvalue weighted by Gasteiger charge is 2.23. The minimum Gasteiger partial charge on any atom is -0.373 e. The number of amides is 1. The number of hydrogen-bond acceptors (Lipinski definition) is 7. The van der Waals surface area contributed by atoms with Gasteiger partial charge >= 0.3 is 0 Å². The fourth-order valence-corrected chi connectivity index (χ4v) is 4.64. The smallest absolute Gasteiger partial charge is 0.266 e. The molecule has 160 valence electrons. The monoisotopic (exact) mass is 429 g/mol. The van der Waals surface area contributed by atoms with Crippen LogP contribution in [0.25, 0.3) is 0 Å². The van der Waals surface area contributed by atoms with Gasteiger partial charge in [-0.3, -0.25) is 14.5 Å². The van der Waals surface area contributed by atoms with Crippen LogP contribution in [0.3, 0.4) is 0 Å². The van der Waals surface area contributed by atoms with Gasteiger partial charge in [-0.05, 0) is 45.2 Å². The van der Waals surface area contributed by atoms with Crippen molar-refractivity contribution in [3.8, 4) is 6.07 Å². The molecule has 0 unspecified atom stereocenters. The summed E-state index contributed by atoms with van der Waals surface area (Å²) < 4.78 is 5.76. The van der Waals surface area contributed by atoms with E-state index >= 15 is 0 Å². The van der Waals surface area contributed by atoms with Gasteiger partial charge in [0.2, 0.25) is 5.91 Å². The normalized spacial score (nSPS) is 19.4. The first-order valence-electron chi connectivity index (χ1n) is 10.0. The van der Waals surface area contributed by atoms with Gasteiger partial charge in [0, 0.05) is 37.1 Å². The summed E-state index contributed by atoms with van der Waals surface area (Å²) in [7, 11) is 0. The number of morpholine rings is 1. The number of rotatable bonds is 6. The summed E-state index contributed by atoms with van der Waals surface area (Å²) in [4.78, 5) is 33.8. The molecule has 3 heterocycles. The zero-order valence-corrected chi connectivity index (χ0v) is 18.6. The standard InChI is InChI=1S/C21H27N5O3S/c1-12-8-26(9-13(2)29-12)10-16-11-30-21(24-16)25-19(27)6-5-17-14(3)18(7-22)20(28)23-15(17)4/h11-13H,5-6,8-10H2,1-4H3,(H,23,28)(H,24,25,27)/t12-,13-/m0/s1. The lowest BCUT2D eigenvalue weighted by molar-refractivity contribution is -0.116. The van der Waals surface area contributed by atoms with Crippen LogP contribution in [0.1, 0.15) is 48.3 Å². The Balaban J connectivity index is 1.57. The third kappa shape index (κ3) is 5.33. The van der Waals surface area contributed by atoms with Crippen molar-refractivity contribution in [2.75, 3.05) is 18.4 Å². The summed E-state index contributed by atoms with van der Waals surface area (Å²) in [6, 6.07) is 1.94. The fraction of sp³-hybridized carbons (Fsp3) is 0.524. The molecule has 9 heteroatoms. The summed E-state index contributed by atoms with van der Waals surface area (Å²) in [5.74, 6) is -0.145. The van der Waals surface area contributed by atoms with Gasteiger partial charge < -0.3 is 15.0 Å². The maximum Gasteiger partial charge on any atom is 0.266 e. The lowest BCUT2D eigenvalue weighted by Gasteiger charge is -2.34. The van der Waals surface area contributed by atoms with Crippen LogP contribution in [-0.2, 0) is 22.5 Å². The van der Waals surface area contributed by atoms with E-state index in [1.807, 2.05) is 11.4 Å². The van der Waals surface area contributed by atoms with Gasteiger partial charge in [-0.25, -0.2) is 4.98 Å². The van der Waals surface area contributed by atoms with E-state index in [1.165, 1.54) is 11.3 Å². The van der Waals surface area contributed by atoms with Crippen molar-refractivity contribution >= 4 is 22.4 Å². The van der Waals surface area contributed by atoms with Crippen molar-refractivity contribution in [2.24, 2.45) is 0 Å². The topological polar surface area (TPSA) is 111 Å². The molecule has 1 aliphatic rings. The third-order valence-electron chi connectivity index (χ3n) is 5.20. The Morgan fingerprint density at radius 3 is 2.77 bits per heavy atom. The van der Waals surface area contributed by atoms with Crippen molar-refractivity contribution in [3.63, 3.8) is 0 Å². The molecule has 0 radical (unpaired) electrons. The van der Waals surface area contributed by atoms with Crippen LogP contribution >= 0.6 is 11.3 Å². The van der Waals surface area contributed by atoms with Crippen LogP contribution in [0.2, 0.25) is 0 Å². The molecule has 30 heavy (non-hydrogen) atoms. The van der Waals surface area contributed by atoms with Crippen LogP contribution in [0, 0.1) is 25.2 Å². The van der Waals surface area contributed by atoms with Crippen LogP contribution in [0.15, 0.2) is 10.2 Å². The number of pyridine rings is 1. The van der Waals surface area contributed by atoms with Crippen molar-refractivity contribution in [1.82, 2.24) is 14.9 Å². The van der Waals surface area contributed by atoms with Crippen LogP contribution in [0.5, 0.6) is 0 Å². The number of nitriles is 1. The largest absolute Gasteiger partial charge is 0.373 e. The predicted octanol–water partition coefficient (Wildman–Crippen LogP) is 2.50. The number of thiazole rings is 1. The van der Waals surface area contributed by atoms with E-state index in [9.17, 15) is 9.59 Å². The van der Waals surface area contributed by atoms with Crippen LogP contribution < -0.4 is 10.9 Å². The molecule has 2 aromatic heterocycles. The molecule has 0 saturated carbocycles. The zero-order valence-electron chi connectivity index (χ0n) is 17.7. The van der Waals surface area contributed by atoms with Gasteiger partial charge in [0.05, 0.1) is 17.9 Å². The number of hydrogen-bond donors (Lipinski definition) is 2. The third-order valence-corrected chi connectivity index (χ3v) is 6.01. The highest BCUT2D eigenvalue weighted by atomic mass is 32.1. The average Bonchev–Trinajstić information content (AvgIpc) is 3.07. The van der Waals surface area contributed by atoms with Gasteiger partial charge in [0.15, 0.2) is 5.13 Å². The Labute approximate surface area is 179 Å². The molecule has 2 aromatic rings. The number of anilines is 1. The molecule has 3 rings (SSSR count). The van der Waals surface area contributed by atoms with Crippen molar-refractivity contribution in [1.29, 1.82) is 5.26 Å². The molecule has 2 N–H and O–H groups in total. The Morgan fingerprint density at radius 1 is 1.40 bits per heavy atom. The number of aryl methyl sites for hydroxylation is 1.